The molecule has 0 amide bonds. The number of esters is 2. The van der Waals surface area contributed by atoms with E-state index >= 15 is 0 Å². The summed E-state index contributed by atoms with van der Waals surface area (Å²) < 4.78 is 10.9. The van der Waals surface area contributed by atoms with Crippen LogP contribution in [0.25, 0.3) is 0 Å². The fraction of sp³-hybridized carbons (Fsp3) is 0.188. The zero-order chi connectivity index (χ0) is 27.2. The monoisotopic (exact) mass is 510 g/mol. The van der Waals surface area contributed by atoms with Gasteiger partial charge in [-0.2, -0.15) is 0 Å². The molecule has 0 aliphatic carbocycles. The van der Waals surface area contributed by atoms with E-state index in [9.17, 15) is 19.8 Å². The Morgan fingerprint density at radius 2 is 0.868 bits per heavy atom. The first kappa shape index (κ1) is 26.8. The van der Waals surface area contributed by atoms with Crippen molar-refractivity contribution in [3.05, 3.63) is 131 Å². The molecule has 0 aliphatic rings. The highest BCUT2D eigenvalue weighted by Crippen LogP contribution is 2.46. The summed E-state index contributed by atoms with van der Waals surface area (Å²) in [7, 11) is 0. The Bertz CT molecular complexity index is 1260. The Morgan fingerprint density at radius 3 is 1.16 bits per heavy atom. The zero-order valence-corrected chi connectivity index (χ0v) is 21.3. The van der Waals surface area contributed by atoms with Crippen molar-refractivity contribution in [2.24, 2.45) is 0 Å². The molecule has 0 saturated carbocycles. The second kappa shape index (κ2) is 11.4. The van der Waals surface area contributed by atoms with Crippen LogP contribution in [0.3, 0.4) is 0 Å². The number of rotatable bonds is 9. The molecule has 2 unspecified atom stereocenters. The standard InChI is InChI=1S/C32H30O6/c1-3-31(35,25-15-19-27(20-16-25)37-29(33)23-11-7-5-8-12-23)32(36,4-2)26-17-21-28(22-18-26)38-30(34)24-13-9-6-10-14-24/h5-22,35-36H,3-4H2,1-2H3. The quantitative estimate of drug-likeness (QED) is 0.211. The molecule has 4 aromatic carbocycles. The first-order valence-corrected chi connectivity index (χ1v) is 12.5. The summed E-state index contributed by atoms with van der Waals surface area (Å²) in [6.45, 7) is 3.58. The highest BCUT2D eigenvalue weighted by Gasteiger charge is 2.49. The average Bonchev–Trinajstić information content (AvgIpc) is 2.98. The van der Waals surface area contributed by atoms with Crippen LogP contribution in [0.5, 0.6) is 11.5 Å². The van der Waals surface area contributed by atoms with Crippen molar-refractivity contribution >= 4 is 11.9 Å². The molecule has 2 N–H and O–H groups in total. The van der Waals surface area contributed by atoms with Gasteiger partial charge in [0.15, 0.2) is 0 Å². The maximum absolute atomic E-state index is 12.4. The van der Waals surface area contributed by atoms with Gasteiger partial charge in [-0.1, -0.05) is 74.5 Å². The van der Waals surface area contributed by atoms with Crippen molar-refractivity contribution in [2.45, 2.75) is 37.9 Å². The molecule has 0 aromatic heterocycles. The van der Waals surface area contributed by atoms with Gasteiger partial charge in [0, 0.05) is 0 Å². The molecular weight excluding hydrogens is 480 g/mol. The van der Waals surface area contributed by atoms with Crippen LogP contribution < -0.4 is 9.47 Å². The highest BCUT2D eigenvalue weighted by molar-refractivity contribution is 5.91. The molecule has 4 rings (SSSR count). The lowest BCUT2D eigenvalue weighted by Gasteiger charge is -2.43. The van der Waals surface area contributed by atoms with Crippen molar-refractivity contribution in [2.75, 3.05) is 0 Å². The fourth-order valence-corrected chi connectivity index (χ4v) is 4.55. The van der Waals surface area contributed by atoms with E-state index in [0.717, 1.165) is 0 Å². The van der Waals surface area contributed by atoms with Crippen LogP contribution in [-0.4, -0.2) is 22.2 Å². The molecule has 2 atom stereocenters. The van der Waals surface area contributed by atoms with Crippen molar-refractivity contribution < 1.29 is 29.3 Å². The number of hydrogen-bond acceptors (Lipinski definition) is 6. The summed E-state index contributed by atoms with van der Waals surface area (Å²) >= 11 is 0. The van der Waals surface area contributed by atoms with Gasteiger partial charge in [-0.25, -0.2) is 9.59 Å². The number of ether oxygens (including phenoxy) is 2. The fourth-order valence-electron chi connectivity index (χ4n) is 4.55. The van der Waals surface area contributed by atoms with E-state index in [0.29, 0.717) is 33.8 Å². The van der Waals surface area contributed by atoms with Gasteiger partial charge in [0.25, 0.3) is 0 Å². The molecule has 0 bridgehead atoms. The van der Waals surface area contributed by atoms with Crippen LogP contribution in [0.4, 0.5) is 0 Å². The van der Waals surface area contributed by atoms with Crippen molar-refractivity contribution in [3.63, 3.8) is 0 Å². The summed E-state index contributed by atoms with van der Waals surface area (Å²) in [6, 6.07) is 30.3. The Morgan fingerprint density at radius 1 is 0.553 bits per heavy atom. The van der Waals surface area contributed by atoms with Crippen LogP contribution in [-0.2, 0) is 11.2 Å². The van der Waals surface area contributed by atoms with E-state index in [2.05, 4.69) is 0 Å². The predicted octanol–water partition coefficient (Wildman–Crippen LogP) is 6.02. The molecule has 4 aromatic rings. The minimum Gasteiger partial charge on any atom is -0.423 e. The molecule has 194 valence electrons. The SMILES string of the molecule is CCC(O)(c1ccc(OC(=O)c2ccccc2)cc1)C(O)(CC)c1ccc(OC(=O)c2ccccc2)cc1. The van der Waals surface area contributed by atoms with Crippen LogP contribution in [0.2, 0.25) is 0 Å². The average molecular weight is 511 g/mol. The number of carbonyl (C=O) groups is 2. The maximum Gasteiger partial charge on any atom is 0.343 e. The maximum atomic E-state index is 12.4. The van der Waals surface area contributed by atoms with E-state index in [1.54, 1.807) is 111 Å². The molecule has 0 spiro atoms. The predicted molar refractivity (Wildman–Crippen MR) is 144 cm³/mol. The summed E-state index contributed by atoms with van der Waals surface area (Å²) in [5, 5.41) is 23.7. The summed E-state index contributed by atoms with van der Waals surface area (Å²) in [5.74, 6) is -0.319. The highest BCUT2D eigenvalue weighted by atomic mass is 16.5. The smallest absolute Gasteiger partial charge is 0.343 e. The first-order chi connectivity index (χ1) is 18.3. The molecule has 6 nitrogen and oxygen atoms in total. The van der Waals surface area contributed by atoms with Gasteiger partial charge in [-0.05, 0) is 72.5 Å². The first-order valence-electron chi connectivity index (χ1n) is 12.5. The molecule has 0 heterocycles. The molecule has 0 radical (unpaired) electrons. The van der Waals surface area contributed by atoms with Crippen LogP contribution in [0, 0.1) is 0 Å². The van der Waals surface area contributed by atoms with E-state index in [-0.39, 0.29) is 12.8 Å². The molecule has 0 fully saturated rings. The lowest BCUT2D eigenvalue weighted by molar-refractivity contribution is -0.169. The number of aliphatic hydroxyl groups is 2. The van der Waals surface area contributed by atoms with Crippen molar-refractivity contribution in [1.29, 1.82) is 0 Å². The minimum absolute atomic E-state index is 0.214. The topological polar surface area (TPSA) is 93.1 Å². The van der Waals surface area contributed by atoms with Gasteiger partial charge >= 0.3 is 11.9 Å². The molecular formula is C32H30O6. The lowest BCUT2D eigenvalue weighted by atomic mass is 9.70. The largest absolute Gasteiger partial charge is 0.423 e. The molecule has 6 heteroatoms. The third-order valence-electron chi connectivity index (χ3n) is 6.81. The molecule has 0 aliphatic heterocycles. The lowest BCUT2D eigenvalue weighted by Crippen LogP contribution is -2.48. The number of benzene rings is 4. The van der Waals surface area contributed by atoms with Crippen LogP contribution in [0.15, 0.2) is 109 Å². The third-order valence-corrected chi connectivity index (χ3v) is 6.81. The van der Waals surface area contributed by atoms with Gasteiger partial charge in [0.05, 0.1) is 11.1 Å². The third kappa shape index (κ3) is 5.37. The second-order valence-electron chi connectivity index (χ2n) is 8.99. The Balaban J connectivity index is 1.54. The molecule has 38 heavy (non-hydrogen) atoms. The molecule has 0 saturated heterocycles. The summed E-state index contributed by atoms with van der Waals surface area (Å²) in [6.07, 6.45) is 0.427. The van der Waals surface area contributed by atoms with E-state index in [1.807, 2.05) is 12.1 Å². The van der Waals surface area contributed by atoms with Crippen LogP contribution in [0.1, 0.15) is 58.5 Å². The zero-order valence-electron chi connectivity index (χ0n) is 21.3. The Kier molecular flexibility index (Phi) is 8.05. The van der Waals surface area contributed by atoms with Gasteiger partial charge in [0.2, 0.25) is 0 Å². The van der Waals surface area contributed by atoms with E-state index in [4.69, 9.17) is 9.47 Å². The minimum atomic E-state index is -1.65. The van der Waals surface area contributed by atoms with E-state index < -0.39 is 23.1 Å². The number of carbonyl (C=O) groups excluding carboxylic acids is 2. The number of hydrogen-bond donors (Lipinski definition) is 2. The summed E-state index contributed by atoms with van der Waals surface area (Å²) in [5.41, 5.74) is -1.48. The van der Waals surface area contributed by atoms with Gasteiger partial charge in [-0.15, -0.1) is 0 Å². The summed E-state index contributed by atoms with van der Waals surface area (Å²) in [4.78, 5) is 24.7. The van der Waals surface area contributed by atoms with Crippen molar-refractivity contribution in [1.82, 2.24) is 0 Å². The second-order valence-corrected chi connectivity index (χ2v) is 8.99. The Labute approximate surface area is 222 Å². The van der Waals surface area contributed by atoms with Crippen molar-refractivity contribution in [3.8, 4) is 11.5 Å². The van der Waals surface area contributed by atoms with E-state index in [1.165, 1.54) is 0 Å². The normalized spacial score (nSPS) is 14.1. The van der Waals surface area contributed by atoms with Crippen LogP contribution >= 0.6 is 0 Å². The Hall–Kier alpha value is -4.26. The van der Waals surface area contributed by atoms with Gasteiger partial charge < -0.3 is 19.7 Å². The van der Waals surface area contributed by atoms with Gasteiger partial charge in [0.1, 0.15) is 22.7 Å². The van der Waals surface area contributed by atoms with Gasteiger partial charge in [-0.3, -0.25) is 0 Å².